The Hall–Kier alpha value is -1.51. The second kappa shape index (κ2) is 7.25. The lowest BCUT2D eigenvalue weighted by Crippen LogP contribution is -2.40. The van der Waals surface area contributed by atoms with Crippen LogP contribution < -0.4 is 0 Å². The van der Waals surface area contributed by atoms with Gasteiger partial charge in [0, 0.05) is 18.0 Å². The molecule has 2 heterocycles. The Bertz CT molecular complexity index is 774. The molecule has 0 unspecified atom stereocenters. The van der Waals surface area contributed by atoms with E-state index in [9.17, 15) is 13.2 Å². The largest absolute Gasteiger partial charge is 0.451 e. The van der Waals surface area contributed by atoms with Crippen LogP contribution >= 0.6 is 11.6 Å². The number of halogens is 4. The maximum atomic E-state index is 12.6. The average molecular weight is 404 g/mol. The smallest absolute Gasteiger partial charge is 0.413 e. The van der Waals surface area contributed by atoms with Crippen LogP contribution in [0.1, 0.15) is 32.2 Å². The van der Waals surface area contributed by atoms with Crippen LogP contribution in [-0.4, -0.2) is 23.3 Å². The highest BCUT2D eigenvalue weighted by molar-refractivity contribution is 6.74. The number of alkyl halides is 3. The minimum absolute atomic E-state index is 0.0634. The van der Waals surface area contributed by atoms with Gasteiger partial charge in [0.1, 0.15) is 5.15 Å². The maximum Gasteiger partial charge on any atom is 0.451 e. The molecule has 0 radical (unpaired) electrons. The first-order valence-electron chi connectivity index (χ1n) is 8.00. The summed E-state index contributed by atoms with van der Waals surface area (Å²) >= 11 is 6.07. The van der Waals surface area contributed by atoms with Gasteiger partial charge in [0.25, 0.3) is 0 Å². The lowest BCUT2D eigenvalue weighted by atomic mass is 10.1. The Morgan fingerprint density at radius 3 is 2.15 bits per heavy atom. The minimum atomic E-state index is -4.58. The first-order valence-corrected chi connectivity index (χ1v) is 11.3. The van der Waals surface area contributed by atoms with E-state index in [0.717, 1.165) is 18.0 Å². The van der Waals surface area contributed by atoms with Crippen molar-refractivity contribution in [2.24, 2.45) is 0 Å². The van der Waals surface area contributed by atoms with Gasteiger partial charge in [0.2, 0.25) is 5.82 Å². The van der Waals surface area contributed by atoms with Crippen molar-refractivity contribution in [2.75, 3.05) is 0 Å². The van der Waals surface area contributed by atoms with Gasteiger partial charge in [-0.05, 0) is 35.8 Å². The lowest BCUT2D eigenvalue weighted by Gasteiger charge is -2.36. The molecule has 0 bridgehead atoms. The molecule has 0 fully saturated rings. The maximum absolute atomic E-state index is 12.6. The van der Waals surface area contributed by atoms with Crippen LogP contribution in [0, 0.1) is 0 Å². The molecular weight excluding hydrogens is 383 g/mol. The molecule has 2 aromatic heterocycles. The number of hydrogen-bond donors (Lipinski definition) is 0. The van der Waals surface area contributed by atoms with Crippen molar-refractivity contribution in [3.63, 3.8) is 0 Å². The second-order valence-corrected chi connectivity index (χ2v) is 12.7. The van der Waals surface area contributed by atoms with Crippen LogP contribution in [0.3, 0.4) is 0 Å². The van der Waals surface area contributed by atoms with Gasteiger partial charge in [-0.2, -0.15) is 13.2 Å². The topological polar surface area (TPSA) is 47.9 Å². The monoisotopic (exact) mass is 403 g/mol. The molecule has 142 valence electrons. The van der Waals surface area contributed by atoms with Crippen molar-refractivity contribution < 1.29 is 17.6 Å². The van der Waals surface area contributed by atoms with Crippen LogP contribution in [0.15, 0.2) is 24.5 Å². The van der Waals surface area contributed by atoms with Crippen molar-refractivity contribution in [3.05, 3.63) is 41.1 Å². The molecule has 0 saturated carbocycles. The van der Waals surface area contributed by atoms with Crippen LogP contribution in [-0.2, 0) is 17.2 Å². The van der Waals surface area contributed by atoms with Gasteiger partial charge in [0.05, 0.1) is 12.3 Å². The molecule has 0 saturated heterocycles. The van der Waals surface area contributed by atoms with Crippen LogP contribution in [0.4, 0.5) is 13.2 Å². The number of aromatic nitrogens is 3. The van der Waals surface area contributed by atoms with E-state index in [1.807, 2.05) is 0 Å². The van der Waals surface area contributed by atoms with E-state index in [0.29, 0.717) is 17.9 Å². The standard InChI is InChI=1S/C17H21ClF3N3OSi/c1-16(2,3)26(4,5)25-10-11-6-13(24-14(18)7-11)12-8-22-15(23-9-12)17(19,20)21/h6-9H,10H2,1-5H3. The van der Waals surface area contributed by atoms with E-state index in [1.54, 1.807) is 12.1 Å². The molecule has 0 aliphatic heterocycles. The van der Waals surface area contributed by atoms with E-state index in [1.165, 1.54) is 0 Å². The molecule has 2 rings (SSSR count). The molecule has 26 heavy (non-hydrogen) atoms. The highest BCUT2D eigenvalue weighted by Gasteiger charge is 2.37. The summed E-state index contributed by atoms with van der Waals surface area (Å²) in [7, 11) is -1.94. The quantitative estimate of drug-likeness (QED) is 0.483. The number of rotatable bonds is 4. The van der Waals surface area contributed by atoms with Crippen LogP contribution in [0.25, 0.3) is 11.3 Å². The van der Waals surface area contributed by atoms with Crippen molar-refractivity contribution in [2.45, 2.75) is 51.7 Å². The van der Waals surface area contributed by atoms with Crippen molar-refractivity contribution >= 4 is 19.9 Å². The minimum Gasteiger partial charge on any atom is -0.413 e. The van der Waals surface area contributed by atoms with Crippen LogP contribution in [0.5, 0.6) is 0 Å². The fourth-order valence-corrected chi connectivity index (χ4v) is 3.06. The normalized spacial score (nSPS) is 13.1. The van der Waals surface area contributed by atoms with E-state index < -0.39 is 20.3 Å². The van der Waals surface area contributed by atoms with E-state index in [4.69, 9.17) is 16.0 Å². The van der Waals surface area contributed by atoms with Gasteiger partial charge in [-0.25, -0.2) is 15.0 Å². The van der Waals surface area contributed by atoms with Gasteiger partial charge in [0.15, 0.2) is 8.32 Å². The van der Waals surface area contributed by atoms with Crippen molar-refractivity contribution in [1.82, 2.24) is 15.0 Å². The number of nitrogens with zero attached hydrogens (tertiary/aromatic N) is 3. The van der Waals surface area contributed by atoms with Crippen molar-refractivity contribution in [1.29, 1.82) is 0 Å². The van der Waals surface area contributed by atoms with E-state index >= 15 is 0 Å². The molecule has 4 nitrogen and oxygen atoms in total. The highest BCUT2D eigenvalue weighted by Crippen LogP contribution is 2.37. The SMILES string of the molecule is CC(C)(C)[Si](C)(C)OCc1cc(Cl)nc(-c2cnc(C(F)(F)F)nc2)c1. The van der Waals surface area contributed by atoms with Gasteiger partial charge in [-0.15, -0.1) is 0 Å². The first-order chi connectivity index (χ1) is 11.8. The first kappa shape index (κ1) is 20.8. The number of pyridine rings is 1. The molecule has 0 amide bonds. The summed E-state index contributed by atoms with van der Waals surface area (Å²) in [6, 6.07) is 3.41. The molecule has 0 N–H and O–H groups in total. The third kappa shape index (κ3) is 5.02. The van der Waals surface area contributed by atoms with Gasteiger partial charge in [-0.1, -0.05) is 32.4 Å². The molecule has 0 atom stereocenters. The summed E-state index contributed by atoms with van der Waals surface area (Å²) in [4.78, 5) is 10.9. The molecule has 0 aliphatic carbocycles. The number of hydrogen-bond acceptors (Lipinski definition) is 4. The summed E-state index contributed by atoms with van der Waals surface area (Å²) in [5.74, 6) is -1.19. The van der Waals surface area contributed by atoms with E-state index in [2.05, 4.69) is 48.8 Å². The Kier molecular flexibility index (Phi) is 5.79. The van der Waals surface area contributed by atoms with Gasteiger partial charge < -0.3 is 4.43 Å². The van der Waals surface area contributed by atoms with Crippen LogP contribution in [0.2, 0.25) is 23.3 Å². The molecule has 0 spiro atoms. The third-order valence-electron chi connectivity index (χ3n) is 4.46. The fraction of sp³-hybridized carbons (Fsp3) is 0.471. The Balaban J connectivity index is 2.25. The zero-order valence-electron chi connectivity index (χ0n) is 15.3. The Morgan fingerprint density at radius 1 is 1.08 bits per heavy atom. The van der Waals surface area contributed by atoms with Gasteiger partial charge >= 0.3 is 6.18 Å². The summed E-state index contributed by atoms with van der Waals surface area (Å²) in [5, 5.41) is 0.296. The molecule has 0 aliphatic rings. The molecule has 2 aromatic rings. The second-order valence-electron chi connectivity index (χ2n) is 7.53. The predicted molar refractivity (Wildman–Crippen MR) is 97.3 cm³/mol. The molecule has 0 aromatic carbocycles. The predicted octanol–water partition coefficient (Wildman–Crippen LogP) is 5.73. The molecule has 9 heteroatoms. The molecular formula is C17H21ClF3N3OSi. The Morgan fingerprint density at radius 2 is 1.65 bits per heavy atom. The zero-order valence-corrected chi connectivity index (χ0v) is 17.0. The summed E-state index contributed by atoms with van der Waals surface area (Å²) in [5.41, 5.74) is 1.55. The highest BCUT2D eigenvalue weighted by atomic mass is 35.5. The average Bonchev–Trinajstić information content (AvgIpc) is 2.51. The third-order valence-corrected chi connectivity index (χ3v) is 9.13. The summed E-state index contributed by atoms with van der Waals surface area (Å²) < 4.78 is 43.9. The van der Waals surface area contributed by atoms with Crippen molar-refractivity contribution in [3.8, 4) is 11.3 Å². The summed E-state index contributed by atoms with van der Waals surface area (Å²) in [6.45, 7) is 11.1. The fourth-order valence-electron chi connectivity index (χ4n) is 1.87. The Labute approximate surface area is 156 Å². The lowest BCUT2D eigenvalue weighted by molar-refractivity contribution is -0.144. The van der Waals surface area contributed by atoms with Gasteiger partial charge in [-0.3, -0.25) is 0 Å². The van der Waals surface area contributed by atoms with E-state index in [-0.39, 0.29) is 10.2 Å². The zero-order chi connectivity index (χ0) is 19.8. The summed E-state index contributed by atoms with van der Waals surface area (Å²) in [6.07, 6.45) is -2.40.